The maximum Gasteiger partial charge on any atom is 0.442 e. The number of nitrogens with zero attached hydrogens (tertiary/aromatic N) is 2. The number of halogens is 2. The predicted octanol–water partition coefficient (Wildman–Crippen LogP) is 3.34. The first-order valence-corrected chi connectivity index (χ1v) is 6.59. The largest absolute Gasteiger partial charge is 0.442 e. The van der Waals surface area contributed by atoms with Gasteiger partial charge in [-0.2, -0.15) is 0 Å². The van der Waals surface area contributed by atoms with E-state index in [-0.39, 0.29) is 12.4 Å². The van der Waals surface area contributed by atoms with E-state index in [0.29, 0.717) is 16.4 Å². The van der Waals surface area contributed by atoms with Crippen LogP contribution < -0.4 is 5.76 Å². The number of benzene rings is 2. The molecule has 0 aliphatic heterocycles. The van der Waals surface area contributed by atoms with Crippen molar-refractivity contribution in [3.63, 3.8) is 0 Å². The molecule has 0 amide bonds. The predicted molar refractivity (Wildman–Crippen MR) is 76.7 cm³/mol. The monoisotopic (exact) mass is 304 g/mol. The minimum absolute atomic E-state index is 0.225. The summed E-state index contributed by atoms with van der Waals surface area (Å²) in [6.45, 7) is 0.225. The van der Waals surface area contributed by atoms with Crippen molar-refractivity contribution in [3.8, 4) is 11.4 Å². The molecule has 21 heavy (non-hydrogen) atoms. The number of hydrogen-bond acceptors (Lipinski definition) is 3. The summed E-state index contributed by atoms with van der Waals surface area (Å²) in [6, 6.07) is 12.9. The van der Waals surface area contributed by atoms with Gasteiger partial charge in [0.1, 0.15) is 5.82 Å². The number of hydrogen-bond donors (Lipinski definition) is 0. The van der Waals surface area contributed by atoms with Gasteiger partial charge in [0.25, 0.3) is 0 Å². The van der Waals surface area contributed by atoms with E-state index in [1.807, 2.05) is 0 Å². The van der Waals surface area contributed by atoms with Gasteiger partial charge in [0.05, 0.1) is 11.6 Å². The van der Waals surface area contributed by atoms with Crippen LogP contribution in [0.3, 0.4) is 0 Å². The van der Waals surface area contributed by atoms with Crippen molar-refractivity contribution in [1.29, 1.82) is 0 Å². The van der Waals surface area contributed by atoms with Crippen LogP contribution in [0.25, 0.3) is 11.4 Å². The van der Waals surface area contributed by atoms with E-state index < -0.39 is 5.76 Å². The third-order valence-corrected chi connectivity index (χ3v) is 3.38. The Balaban J connectivity index is 2.04. The van der Waals surface area contributed by atoms with Crippen LogP contribution in [0, 0.1) is 5.82 Å². The zero-order chi connectivity index (χ0) is 14.8. The minimum Gasteiger partial charge on any atom is -0.295 e. The lowest BCUT2D eigenvalue weighted by atomic mass is 10.2. The van der Waals surface area contributed by atoms with Crippen LogP contribution in [0.15, 0.2) is 57.8 Å². The SMILES string of the molecule is O=c1onc(-c2ccccc2Cl)n1Cc1ccc(F)cc1. The van der Waals surface area contributed by atoms with E-state index in [2.05, 4.69) is 5.16 Å². The molecule has 1 heterocycles. The Bertz CT molecular complexity index is 824. The summed E-state index contributed by atoms with van der Waals surface area (Å²) in [5.41, 5.74) is 1.36. The third kappa shape index (κ3) is 2.73. The zero-order valence-electron chi connectivity index (χ0n) is 10.8. The standard InChI is InChI=1S/C15H10ClFN2O2/c16-13-4-2-1-3-12(13)14-18-21-15(20)19(14)9-10-5-7-11(17)8-6-10/h1-8H,9H2. The third-order valence-electron chi connectivity index (χ3n) is 3.05. The lowest BCUT2D eigenvalue weighted by Gasteiger charge is -2.06. The molecule has 0 radical (unpaired) electrons. The van der Waals surface area contributed by atoms with Crippen LogP contribution in [0.5, 0.6) is 0 Å². The van der Waals surface area contributed by atoms with Crippen LogP contribution in [0.2, 0.25) is 5.02 Å². The average Bonchev–Trinajstić information content (AvgIpc) is 2.83. The molecule has 106 valence electrons. The summed E-state index contributed by atoms with van der Waals surface area (Å²) in [5, 5.41) is 4.25. The molecule has 1 aromatic heterocycles. The summed E-state index contributed by atoms with van der Waals surface area (Å²) in [7, 11) is 0. The second-order valence-corrected chi connectivity index (χ2v) is 4.87. The summed E-state index contributed by atoms with van der Waals surface area (Å²) in [4.78, 5) is 11.8. The van der Waals surface area contributed by atoms with Gasteiger partial charge < -0.3 is 0 Å². The lowest BCUT2D eigenvalue weighted by Crippen LogP contribution is -2.16. The Hall–Kier alpha value is -2.40. The fourth-order valence-electron chi connectivity index (χ4n) is 2.02. The highest BCUT2D eigenvalue weighted by Crippen LogP contribution is 2.25. The first-order valence-electron chi connectivity index (χ1n) is 6.21. The molecule has 0 saturated heterocycles. The molecule has 6 heteroatoms. The van der Waals surface area contributed by atoms with Gasteiger partial charge in [0, 0.05) is 5.56 Å². The maximum atomic E-state index is 12.9. The highest BCUT2D eigenvalue weighted by atomic mass is 35.5. The molecule has 3 rings (SSSR count). The van der Waals surface area contributed by atoms with E-state index in [1.54, 1.807) is 36.4 Å². The van der Waals surface area contributed by atoms with Gasteiger partial charge in [-0.25, -0.2) is 9.18 Å². The molecular formula is C15H10ClFN2O2. The molecule has 4 nitrogen and oxygen atoms in total. The van der Waals surface area contributed by atoms with Gasteiger partial charge >= 0.3 is 5.76 Å². The lowest BCUT2D eigenvalue weighted by molar-refractivity contribution is 0.378. The number of rotatable bonds is 3. The van der Waals surface area contributed by atoms with Crippen LogP contribution in [-0.4, -0.2) is 9.72 Å². The van der Waals surface area contributed by atoms with Gasteiger partial charge in [-0.3, -0.25) is 9.09 Å². The topological polar surface area (TPSA) is 48.0 Å². The molecule has 0 unspecified atom stereocenters. The van der Waals surface area contributed by atoms with Crippen molar-refractivity contribution in [2.45, 2.75) is 6.54 Å². The van der Waals surface area contributed by atoms with Crippen LogP contribution in [0.1, 0.15) is 5.56 Å². The van der Waals surface area contributed by atoms with Gasteiger partial charge in [-0.1, -0.05) is 41.0 Å². The van der Waals surface area contributed by atoms with Crippen molar-refractivity contribution in [2.24, 2.45) is 0 Å². The van der Waals surface area contributed by atoms with Crippen molar-refractivity contribution in [2.75, 3.05) is 0 Å². The van der Waals surface area contributed by atoms with Crippen molar-refractivity contribution < 1.29 is 8.91 Å². The van der Waals surface area contributed by atoms with E-state index in [1.165, 1.54) is 16.7 Å². The molecule has 2 aromatic carbocycles. The highest BCUT2D eigenvalue weighted by Gasteiger charge is 2.15. The Morgan fingerprint density at radius 3 is 2.57 bits per heavy atom. The van der Waals surface area contributed by atoms with E-state index in [0.717, 1.165) is 5.56 Å². The van der Waals surface area contributed by atoms with Gasteiger partial charge in [-0.15, -0.1) is 0 Å². The van der Waals surface area contributed by atoms with E-state index in [4.69, 9.17) is 16.1 Å². The van der Waals surface area contributed by atoms with Gasteiger partial charge in [0.2, 0.25) is 0 Å². The molecule has 0 aliphatic carbocycles. The summed E-state index contributed by atoms with van der Waals surface area (Å²) < 4.78 is 19.0. The van der Waals surface area contributed by atoms with Gasteiger partial charge in [0.15, 0.2) is 5.82 Å². The van der Waals surface area contributed by atoms with Crippen LogP contribution in [0.4, 0.5) is 4.39 Å². The molecule has 0 aliphatic rings. The fraction of sp³-hybridized carbons (Fsp3) is 0.0667. The van der Waals surface area contributed by atoms with Crippen molar-refractivity contribution in [1.82, 2.24) is 9.72 Å². The van der Waals surface area contributed by atoms with Crippen LogP contribution >= 0.6 is 11.6 Å². The van der Waals surface area contributed by atoms with Gasteiger partial charge in [-0.05, 0) is 29.8 Å². The molecule has 0 bridgehead atoms. The summed E-state index contributed by atoms with van der Waals surface area (Å²) in [6.07, 6.45) is 0. The first kappa shape index (κ1) is 13.6. The Kier molecular flexibility index (Phi) is 3.58. The zero-order valence-corrected chi connectivity index (χ0v) is 11.5. The molecule has 0 spiro atoms. The first-order chi connectivity index (χ1) is 10.1. The molecule has 0 atom stereocenters. The molecular weight excluding hydrogens is 295 g/mol. The average molecular weight is 305 g/mol. The molecule has 0 N–H and O–H groups in total. The van der Waals surface area contributed by atoms with Crippen molar-refractivity contribution in [3.05, 3.63) is 75.5 Å². The maximum absolute atomic E-state index is 12.9. The van der Waals surface area contributed by atoms with Crippen LogP contribution in [-0.2, 0) is 6.54 Å². The summed E-state index contributed by atoms with van der Waals surface area (Å²) >= 11 is 6.12. The Labute approximate surface area is 124 Å². The van der Waals surface area contributed by atoms with E-state index >= 15 is 0 Å². The van der Waals surface area contributed by atoms with Crippen molar-refractivity contribution >= 4 is 11.6 Å². The molecule has 3 aromatic rings. The van der Waals surface area contributed by atoms with E-state index in [9.17, 15) is 9.18 Å². The Morgan fingerprint density at radius 1 is 1.14 bits per heavy atom. The number of aromatic nitrogens is 2. The minimum atomic E-state index is -0.589. The Morgan fingerprint density at radius 2 is 1.86 bits per heavy atom. The smallest absolute Gasteiger partial charge is 0.295 e. The quantitative estimate of drug-likeness (QED) is 0.745. The summed E-state index contributed by atoms with van der Waals surface area (Å²) in [5.74, 6) is -0.577. The molecule has 0 saturated carbocycles. The second-order valence-electron chi connectivity index (χ2n) is 4.46. The second kappa shape index (κ2) is 5.54. The normalized spacial score (nSPS) is 10.8. The molecule has 0 fully saturated rings. The highest BCUT2D eigenvalue weighted by molar-refractivity contribution is 6.33. The fourth-order valence-corrected chi connectivity index (χ4v) is 2.24.